The minimum atomic E-state index is 0.488. The van der Waals surface area contributed by atoms with Gasteiger partial charge in [-0.15, -0.1) is 0 Å². The van der Waals surface area contributed by atoms with E-state index in [1.165, 1.54) is 0 Å². The van der Waals surface area contributed by atoms with Gasteiger partial charge in [0.15, 0.2) is 11.5 Å². The molecule has 0 aliphatic rings. The van der Waals surface area contributed by atoms with Crippen molar-refractivity contribution < 1.29 is 8.83 Å². The lowest BCUT2D eigenvalue weighted by atomic mass is 10.1. The van der Waals surface area contributed by atoms with E-state index < -0.39 is 0 Å². The second kappa shape index (κ2) is 15.5. The average molecular weight is 728 g/mol. The number of hydrogen-bond donors (Lipinski definition) is 0. The monoisotopic (exact) mass is 726 g/mol. The average Bonchev–Trinajstić information content (AvgIpc) is 3.83. The molecule has 2 heterocycles. The van der Waals surface area contributed by atoms with Crippen LogP contribution < -0.4 is 9.80 Å². The highest BCUT2D eigenvalue weighted by Crippen LogP contribution is 2.41. The van der Waals surface area contributed by atoms with E-state index in [0.29, 0.717) is 44.7 Å². The molecule has 0 spiro atoms. The van der Waals surface area contributed by atoms with Gasteiger partial charge in [0.2, 0.25) is 11.8 Å². The molecule has 0 unspecified atom stereocenters. The Labute approximate surface area is 315 Å². The van der Waals surface area contributed by atoms with Crippen molar-refractivity contribution in [2.45, 2.75) is 27.7 Å². The van der Waals surface area contributed by atoms with Crippen LogP contribution in [0.1, 0.15) is 27.7 Å². The van der Waals surface area contributed by atoms with Gasteiger partial charge in [-0.25, -0.2) is 9.97 Å². The SMILES string of the molecule is CCN(CC)c1ccc(-c2oc(-c3ccc(-c4nc(-c5ccccc5Cl)c(-c5ccc(N(CC)CC)cc5)o4)cc3)nc2-c2ccccc2Cl)cc1. The van der Waals surface area contributed by atoms with Crippen molar-refractivity contribution >= 4 is 34.6 Å². The van der Waals surface area contributed by atoms with Crippen LogP contribution >= 0.6 is 23.2 Å². The van der Waals surface area contributed by atoms with Gasteiger partial charge in [0, 0.05) is 70.9 Å². The Morgan fingerprint density at radius 2 is 0.769 bits per heavy atom. The molecule has 0 N–H and O–H groups in total. The van der Waals surface area contributed by atoms with Crippen LogP contribution in [-0.2, 0) is 0 Å². The van der Waals surface area contributed by atoms with Gasteiger partial charge in [0.25, 0.3) is 0 Å². The summed E-state index contributed by atoms with van der Waals surface area (Å²) < 4.78 is 13.1. The number of benzene rings is 5. The Morgan fingerprint density at radius 1 is 0.442 bits per heavy atom. The van der Waals surface area contributed by atoms with E-state index in [2.05, 4.69) is 86.0 Å². The van der Waals surface area contributed by atoms with Gasteiger partial charge in [0.1, 0.15) is 11.4 Å². The third-order valence-electron chi connectivity index (χ3n) is 9.41. The van der Waals surface area contributed by atoms with E-state index >= 15 is 0 Å². The predicted molar refractivity (Wildman–Crippen MR) is 216 cm³/mol. The quantitative estimate of drug-likeness (QED) is 0.125. The topological polar surface area (TPSA) is 58.5 Å². The first-order chi connectivity index (χ1) is 25.4. The van der Waals surface area contributed by atoms with Crippen molar-refractivity contribution in [2.75, 3.05) is 36.0 Å². The van der Waals surface area contributed by atoms with E-state index in [1.807, 2.05) is 72.8 Å². The fraction of sp³-hybridized carbons (Fsp3) is 0.182. The highest BCUT2D eigenvalue weighted by atomic mass is 35.5. The Kier molecular flexibility index (Phi) is 10.5. The molecule has 2 aromatic heterocycles. The van der Waals surface area contributed by atoms with Crippen molar-refractivity contribution in [3.05, 3.63) is 131 Å². The fourth-order valence-electron chi connectivity index (χ4n) is 6.53. The van der Waals surface area contributed by atoms with Crippen molar-refractivity contribution in [1.82, 2.24) is 9.97 Å². The van der Waals surface area contributed by atoms with E-state index in [9.17, 15) is 0 Å². The summed E-state index contributed by atoms with van der Waals surface area (Å²) >= 11 is 13.4. The second-order valence-corrected chi connectivity index (χ2v) is 13.2. The smallest absolute Gasteiger partial charge is 0.227 e. The lowest BCUT2D eigenvalue weighted by Gasteiger charge is -2.21. The molecule has 0 radical (unpaired) electrons. The molecule has 0 aliphatic carbocycles. The molecule has 7 aromatic rings. The zero-order valence-electron chi connectivity index (χ0n) is 29.7. The van der Waals surface area contributed by atoms with E-state index in [0.717, 1.165) is 70.9 Å². The summed E-state index contributed by atoms with van der Waals surface area (Å²) in [5.74, 6) is 2.30. The summed E-state index contributed by atoms with van der Waals surface area (Å²) in [5, 5.41) is 1.21. The summed E-state index contributed by atoms with van der Waals surface area (Å²) in [5.41, 5.74) is 8.78. The summed E-state index contributed by atoms with van der Waals surface area (Å²) in [4.78, 5) is 14.6. The van der Waals surface area contributed by atoms with Gasteiger partial charge in [-0.3, -0.25) is 0 Å². The Balaban J connectivity index is 1.26. The number of nitrogens with zero attached hydrogens (tertiary/aromatic N) is 4. The molecule has 0 amide bonds. The molecule has 0 fully saturated rings. The minimum absolute atomic E-state index is 0.488. The summed E-state index contributed by atoms with van der Waals surface area (Å²) in [7, 11) is 0. The Hall–Kier alpha value is -5.30. The van der Waals surface area contributed by atoms with Crippen LogP contribution in [-0.4, -0.2) is 36.1 Å². The normalized spacial score (nSPS) is 11.2. The van der Waals surface area contributed by atoms with Crippen molar-refractivity contribution in [3.8, 4) is 68.1 Å². The third-order valence-corrected chi connectivity index (χ3v) is 10.1. The predicted octanol–water partition coefficient (Wildman–Crippen LogP) is 12.7. The third kappa shape index (κ3) is 6.97. The van der Waals surface area contributed by atoms with Gasteiger partial charge in [-0.2, -0.15) is 0 Å². The molecular formula is C44H40Cl2N4O2. The zero-order chi connectivity index (χ0) is 36.2. The molecule has 0 atom stereocenters. The maximum absolute atomic E-state index is 6.70. The molecule has 0 saturated carbocycles. The van der Waals surface area contributed by atoms with Crippen LogP contribution in [0.2, 0.25) is 10.0 Å². The number of oxazole rings is 2. The summed E-state index contributed by atoms with van der Waals surface area (Å²) in [6.07, 6.45) is 0. The Bertz CT molecular complexity index is 2110. The van der Waals surface area contributed by atoms with Crippen LogP contribution in [0.5, 0.6) is 0 Å². The number of anilines is 2. The molecule has 0 bridgehead atoms. The molecule has 0 aliphatic heterocycles. The number of hydrogen-bond acceptors (Lipinski definition) is 6. The lowest BCUT2D eigenvalue weighted by Crippen LogP contribution is -2.21. The fourth-order valence-corrected chi connectivity index (χ4v) is 6.98. The van der Waals surface area contributed by atoms with E-state index in [4.69, 9.17) is 42.0 Å². The van der Waals surface area contributed by atoms with Crippen molar-refractivity contribution in [3.63, 3.8) is 0 Å². The van der Waals surface area contributed by atoms with Crippen LogP contribution in [0.15, 0.2) is 130 Å². The van der Waals surface area contributed by atoms with Crippen molar-refractivity contribution in [2.24, 2.45) is 0 Å². The summed E-state index contributed by atoms with van der Waals surface area (Å²) in [6.45, 7) is 12.4. The molecule has 0 saturated heterocycles. The molecule has 5 aromatic carbocycles. The Morgan fingerprint density at radius 3 is 1.10 bits per heavy atom. The van der Waals surface area contributed by atoms with Gasteiger partial charge >= 0.3 is 0 Å². The van der Waals surface area contributed by atoms with Gasteiger partial charge in [0.05, 0.1) is 10.0 Å². The lowest BCUT2D eigenvalue weighted by molar-refractivity contribution is 0.587. The first-order valence-electron chi connectivity index (χ1n) is 17.7. The minimum Gasteiger partial charge on any atom is -0.435 e. The van der Waals surface area contributed by atoms with E-state index in [-0.39, 0.29) is 0 Å². The first kappa shape index (κ1) is 35.1. The van der Waals surface area contributed by atoms with Crippen LogP contribution in [0.4, 0.5) is 11.4 Å². The standard InChI is InChI=1S/C44H40Cl2N4O2/c1-5-49(6-2)33-25-21-29(22-26-33)41-39(35-13-9-11-15-37(35)45)47-43(51-41)31-17-19-32(20-18-31)44-48-40(36-14-10-12-16-38(36)46)42(52-44)30-23-27-34(28-24-30)50(7-3)8-4/h9-28H,5-8H2,1-4H3. The van der Waals surface area contributed by atoms with Gasteiger partial charge in [-0.1, -0.05) is 59.6 Å². The number of rotatable bonds is 12. The number of halogens is 2. The van der Waals surface area contributed by atoms with Gasteiger partial charge < -0.3 is 18.6 Å². The molecule has 52 heavy (non-hydrogen) atoms. The highest BCUT2D eigenvalue weighted by molar-refractivity contribution is 6.33. The zero-order valence-corrected chi connectivity index (χ0v) is 31.2. The van der Waals surface area contributed by atoms with Gasteiger partial charge in [-0.05, 0) is 113 Å². The van der Waals surface area contributed by atoms with Crippen LogP contribution in [0, 0.1) is 0 Å². The maximum Gasteiger partial charge on any atom is 0.227 e. The molecule has 7 rings (SSSR count). The van der Waals surface area contributed by atoms with Crippen LogP contribution in [0.25, 0.3) is 68.1 Å². The molecular weight excluding hydrogens is 687 g/mol. The number of aromatic nitrogens is 2. The van der Waals surface area contributed by atoms with Crippen molar-refractivity contribution in [1.29, 1.82) is 0 Å². The summed E-state index contributed by atoms with van der Waals surface area (Å²) in [6, 6.07) is 40.1. The molecule has 6 nitrogen and oxygen atoms in total. The second-order valence-electron chi connectivity index (χ2n) is 12.4. The molecule has 8 heteroatoms. The molecule has 262 valence electrons. The first-order valence-corrected chi connectivity index (χ1v) is 18.5. The largest absolute Gasteiger partial charge is 0.435 e. The van der Waals surface area contributed by atoms with E-state index in [1.54, 1.807) is 0 Å². The van der Waals surface area contributed by atoms with Crippen LogP contribution in [0.3, 0.4) is 0 Å². The maximum atomic E-state index is 6.70. The highest BCUT2D eigenvalue weighted by Gasteiger charge is 2.23.